The molecule has 11 heteroatoms. The van der Waals surface area contributed by atoms with Crippen LogP contribution in [0.4, 0.5) is 13.2 Å². The van der Waals surface area contributed by atoms with Crippen LogP contribution in [0.25, 0.3) is 0 Å². The molecule has 1 aromatic rings. The number of amides is 1. The van der Waals surface area contributed by atoms with E-state index in [1.54, 1.807) is 20.8 Å². The molecule has 156 valence electrons. The van der Waals surface area contributed by atoms with E-state index in [0.717, 1.165) is 12.1 Å². The summed E-state index contributed by atoms with van der Waals surface area (Å²) in [5.74, 6) is -1.51. The molecular formula is C17H20F3NO6S. The Bertz CT molecular complexity index is 889. The quantitative estimate of drug-likeness (QED) is 0.421. The van der Waals surface area contributed by atoms with Gasteiger partial charge < -0.3 is 13.8 Å². The van der Waals surface area contributed by atoms with Crippen LogP contribution in [0.3, 0.4) is 0 Å². The van der Waals surface area contributed by atoms with Gasteiger partial charge in [-0.1, -0.05) is 26.8 Å². The van der Waals surface area contributed by atoms with Gasteiger partial charge in [0.1, 0.15) is 11.8 Å². The molecule has 0 aliphatic carbocycles. The highest BCUT2D eigenvalue weighted by atomic mass is 32.2. The summed E-state index contributed by atoms with van der Waals surface area (Å²) in [7, 11) is -4.62. The second kappa shape index (κ2) is 7.26. The lowest BCUT2D eigenvalue weighted by molar-refractivity contribution is -0.157. The van der Waals surface area contributed by atoms with E-state index in [0.29, 0.717) is 11.1 Å². The van der Waals surface area contributed by atoms with Crippen molar-refractivity contribution >= 4 is 22.0 Å². The van der Waals surface area contributed by atoms with Gasteiger partial charge in [0.15, 0.2) is 0 Å². The van der Waals surface area contributed by atoms with Gasteiger partial charge in [-0.05, 0) is 23.3 Å². The number of rotatable bonds is 3. The molecule has 1 aliphatic heterocycles. The smallest absolute Gasteiger partial charge is 0.467 e. The average molecular weight is 423 g/mol. The molecule has 0 bridgehead atoms. The molecule has 0 spiro atoms. The molecule has 2 rings (SSSR count). The summed E-state index contributed by atoms with van der Waals surface area (Å²) in [6.45, 7) is 4.88. The number of alkyl halides is 3. The number of nitrogens with zero attached hydrogens (tertiary/aromatic N) is 1. The predicted octanol–water partition coefficient (Wildman–Crippen LogP) is 2.39. The molecule has 28 heavy (non-hydrogen) atoms. The van der Waals surface area contributed by atoms with Crippen LogP contribution in [0, 0.1) is 5.41 Å². The molecule has 0 fully saturated rings. The molecule has 0 saturated heterocycles. The Hall–Kier alpha value is -2.30. The van der Waals surface area contributed by atoms with Crippen LogP contribution in [-0.2, 0) is 37.4 Å². The third-order valence-corrected chi connectivity index (χ3v) is 5.15. The number of carbonyl (C=O) groups is 2. The molecule has 1 amide bonds. The molecule has 0 radical (unpaired) electrons. The minimum absolute atomic E-state index is 0.0795. The SMILES string of the molecule is COC(=O)[C@@H]1Cc2ccc(OS(=O)(=O)C(F)(F)F)cc2CN1C(=O)C(C)(C)C. The second-order valence-corrected chi connectivity index (χ2v) is 8.88. The Morgan fingerprint density at radius 3 is 2.25 bits per heavy atom. The molecule has 0 unspecified atom stereocenters. The number of fused-ring (bicyclic) bond motifs is 1. The number of benzene rings is 1. The first-order chi connectivity index (χ1) is 12.7. The van der Waals surface area contributed by atoms with E-state index in [2.05, 4.69) is 4.18 Å². The van der Waals surface area contributed by atoms with E-state index >= 15 is 0 Å². The Morgan fingerprint density at radius 2 is 1.75 bits per heavy atom. The highest BCUT2D eigenvalue weighted by molar-refractivity contribution is 7.88. The van der Waals surface area contributed by atoms with Gasteiger partial charge in [0.05, 0.1) is 7.11 Å². The summed E-state index contributed by atoms with van der Waals surface area (Å²) in [6, 6.07) is 2.66. The highest BCUT2D eigenvalue weighted by Crippen LogP contribution is 2.33. The molecular weight excluding hydrogens is 403 g/mol. The maximum absolute atomic E-state index is 12.7. The maximum Gasteiger partial charge on any atom is 0.534 e. The van der Waals surface area contributed by atoms with Crippen LogP contribution >= 0.6 is 0 Å². The summed E-state index contributed by atoms with van der Waals surface area (Å²) >= 11 is 0. The first kappa shape index (κ1) is 22.0. The first-order valence-corrected chi connectivity index (χ1v) is 9.59. The van der Waals surface area contributed by atoms with Crippen molar-refractivity contribution in [1.29, 1.82) is 0 Å². The minimum atomic E-state index is -5.81. The van der Waals surface area contributed by atoms with E-state index < -0.39 is 38.8 Å². The van der Waals surface area contributed by atoms with E-state index in [1.807, 2.05) is 0 Å². The van der Waals surface area contributed by atoms with Crippen LogP contribution in [0.1, 0.15) is 31.9 Å². The van der Waals surface area contributed by atoms with Gasteiger partial charge in [-0.3, -0.25) is 4.79 Å². The lowest BCUT2D eigenvalue weighted by Gasteiger charge is -2.38. The summed E-state index contributed by atoms with van der Waals surface area (Å²) in [4.78, 5) is 26.2. The number of esters is 1. The molecule has 7 nitrogen and oxygen atoms in total. The normalized spacial score (nSPS) is 17.7. The zero-order valence-electron chi connectivity index (χ0n) is 15.7. The van der Waals surface area contributed by atoms with Crippen molar-refractivity contribution in [3.63, 3.8) is 0 Å². The summed E-state index contributed by atoms with van der Waals surface area (Å²) < 4.78 is 68.9. The third-order valence-electron chi connectivity index (χ3n) is 4.17. The Balaban J connectivity index is 2.41. The van der Waals surface area contributed by atoms with E-state index in [-0.39, 0.29) is 18.9 Å². The van der Waals surface area contributed by atoms with Gasteiger partial charge in [-0.25, -0.2) is 4.79 Å². The molecule has 1 heterocycles. The summed E-state index contributed by atoms with van der Waals surface area (Å²) in [6.07, 6.45) is 0.0795. The number of carbonyl (C=O) groups excluding carboxylic acids is 2. The van der Waals surface area contributed by atoms with Crippen LogP contribution in [-0.4, -0.2) is 43.9 Å². The third kappa shape index (κ3) is 4.40. The fraction of sp³-hybridized carbons (Fsp3) is 0.529. The number of hydrogen-bond donors (Lipinski definition) is 0. The van der Waals surface area contributed by atoms with Crippen LogP contribution < -0.4 is 4.18 Å². The number of methoxy groups -OCH3 is 1. The molecule has 1 atom stereocenters. The maximum atomic E-state index is 12.7. The van der Waals surface area contributed by atoms with Gasteiger partial charge in [-0.2, -0.15) is 21.6 Å². The Kier molecular flexibility index (Phi) is 5.71. The highest BCUT2D eigenvalue weighted by Gasteiger charge is 2.48. The number of ether oxygens (including phenoxy) is 1. The zero-order valence-corrected chi connectivity index (χ0v) is 16.5. The van der Waals surface area contributed by atoms with Crippen molar-refractivity contribution in [2.75, 3.05) is 7.11 Å². The minimum Gasteiger partial charge on any atom is -0.467 e. The lowest BCUT2D eigenvalue weighted by atomic mass is 9.88. The van der Waals surface area contributed by atoms with E-state index in [4.69, 9.17) is 4.74 Å². The van der Waals surface area contributed by atoms with Gasteiger partial charge in [-0.15, -0.1) is 0 Å². The Morgan fingerprint density at radius 1 is 1.14 bits per heavy atom. The van der Waals surface area contributed by atoms with Gasteiger partial charge >= 0.3 is 21.6 Å². The van der Waals surface area contributed by atoms with Crippen molar-refractivity contribution in [3.8, 4) is 5.75 Å². The monoisotopic (exact) mass is 423 g/mol. The van der Waals surface area contributed by atoms with Crippen molar-refractivity contribution in [3.05, 3.63) is 29.3 Å². The van der Waals surface area contributed by atoms with Crippen LogP contribution in [0.15, 0.2) is 18.2 Å². The van der Waals surface area contributed by atoms with Crippen molar-refractivity contribution in [2.45, 2.75) is 45.3 Å². The fourth-order valence-corrected chi connectivity index (χ4v) is 3.23. The molecule has 0 aromatic heterocycles. The van der Waals surface area contributed by atoms with Crippen molar-refractivity contribution < 1.29 is 40.1 Å². The van der Waals surface area contributed by atoms with Crippen molar-refractivity contribution in [2.24, 2.45) is 5.41 Å². The largest absolute Gasteiger partial charge is 0.534 e. The van der Waals surface area contributed by atoms with Gasteiger partial charge in [0.25, 0.3) is 0 Å². The Labute approximate surface area is 160 Å². The fourth-order valence-electron chi connectivity index (χ4n) is 2.78. The predicted molar refractivity (Wildman–Crippen MR) is 91.6 cm³/mol. The lowest BCUT2D eigenvalue weighted by Crippen LogP contribution is -2.52. The van der Waals surface area contributed by atoms with Crippen LogP contribution in [0.2, 0.25) is 0 Å². The molecule has 1 aliphatic rings. The first-order valence-electron chi connectivity index (χ1n) is 8.19. The average Bonchev–Trinajstić information content (AvgIpc) is 2.57. The van der Waals surface area contributed by atoms with Gasteiger partial charge in [0.2, 0.25) is 5.91 Å². The van der Waals surface area contributed by atoms with E-state index in [9.17, 15) is 31.2 Å². The van der Waals surface area contributed by atoms with Gasteiger partial charge in [0, 0.05) is 18.4 Å². The molecule has 0 N–H and O–H groups in total. The summed E-state index contributed by atoms with van der Waals surface area (Å²) in [5.41, 5.74) is -5.43. The molecule has 1 aromatic carbocycles. The topological polar surface area (TPSA) is 90.0 Å². The summed E-state index contributed by atoms with van der Waals surface area (Å²) in [5, 5.41) is 0. The second-order valence-electron chi connectivity index (χ2n) is 7.34. The van der Waals surface area contributed by atoms with Crippen molar-refractivity contribution in [1.82, 2.24) is 4.90 Å². The van der Waals surface area contributed by atoms with E-state index in [1.165, 1.54) is 18.1 Å². The standard InChI is InChI=1S/C17H20F3NO6S/c1-16(2,3)15(23)21-9-11-7-12(27-28(24,25)17(18,19)20)6-5-10(11)8-13(21)14(22)26-4/h5-7,13H,8-9H2,1-4H3/t13-/m0/s1. The zero-order chi connectivity index (χ0) is 21.5. The number of hydrogen-bond acceptors (Lipinski definition) is 6. The number of halogens is 3. The molecule has 0 saturated carbocycles. The van der Waals surface area contributed by atoms with Crippen LogP contribution in [0.5, 0.6) is 5.75 Å².